The van der Waals surface area contributed by atoms with Gasteiger partial charge in [-0.1, -0.05) is 0 Å². The Balaban J connectivity index is 0.00000300. The van der Waals surface area contributed by atoms with Gasteiger partial charge in [-0.15, -0.1) is 12.4 Å². The number of halogens is 3. The zero-order chi connectivity index (χ0) is 20.3. The van der Waals surface area contributed by atoms with Crippen molar-refractivity contribution in [3.05, 3.63) is 47.2 Å². The second-order valence-electron chi connectivity index (χ2n) is 7.38. The summed E-state index contributed by atoms with van der Waals surface area (Å²) < 4.78 is 26.3. The van der Waals surface area contributed by atoms with Gasteiger partial charge in [0, 0.05) is 43.5 Å². The second-order valence-corrected chi connectivity index (χ2v) is 7.38. The van der Waals surface area contributed by atoms with E-state index in [9.17, 15) is 13.6 Å². The first kappa shape index (κ1) is 22.8. The van der Waals surface area contributed by atoms with Crippen LogP contribution in [0.3, 0.4) is 0 Å². The smallest absolute Gasteiger partial charge is 0.251 e. The lowest BCUT2D eigenvalue weighted by Crippen LogP contribution is -2.40. The van der Waals surface area contributed by atoms with Crippen LogP contribution in [0, 0.1) is 18.6 Å². The Kier molecular flexibility index (Phi) is 7.73. The number of amides is 1. The van der Waals surface area contributed by atoms with E-state index in [0.717, 1.165) is 49.3 Å². The van der Waals surface area contributed by atoms with Crippen LogP contribution in [0.5, 0.6) is 0 Å². The van der Waals surface area contributed by atoms with Crippen molar-refractivity contribution in [3.8, 4) is 0 Å². The molecule has 0 bridgehead atoms. The van der Waals surface area contributed by atoms with E-state index >= 15 is 0 Å². The Hall–Kier alpha value is -2.48. The van der Waals surface area contributed by atoms with Gasteiger partial charge in [0.1, 0.15) is 5.82 Å². The molecule has 1 amide bonds. The number of anilines is 2. The normalized spacial score (nSPS) is 18.5. The molecular formula is C20H26ClF2N5O. The fourth-order valence-corrected chi connectivity index (χ4v) is 3.32. The van der Waals surface area contributed by atoms with Crippen molar-refractivity contribution in [1.82, 2.24) is 15.3 Å². The van der Waals surface area contributed by atoms with Gasteiger partial charge >= 0.3 is 0 Å². The number of aromatic nitrogens is 2. The van der Waals surface area contributed by atoms with E-state index in [1.54, 1.807) is 0 Å². The van der Waals surface area contributed by atoms with Gasteiger partial charge in [-0.05, 0) is 50.8 Å². The number of nitrogens with zero attached hydrogens (tertiary/aromatic N) is 3. The lowest BCUT2D eigenvalue weighted by atomic mass is 9.91. The lowest BCUT2D eigenvalue weighted by Gasteiger charge is -2.30. The molecule has 1 aliphatic carbocycles. The monoisotopic (exact) mass is 425 g/mol. The minimum Gasteiger partial charge on any atom is -0.363 e. The lowest BCUT2D eigenvalue weighted by molar-refractivity contribution is 0.0926. The third-order valence-electron chi connectivity index (χ3n) is 4.88. The summed E-state index contributed by atoms with van der Waals surface area (Å²) in [6, 6.07) is 5.35. The molecule has 1 fully saturated rings. The molecule has 0 radical (unpaired) electrons. The highest BCUT2D eigenvalue weighted by molar-refractivity contribution is 5.94. The Morgan fingerprint density at radius 1 is 1.03 bits per heavy atom. The highest BCUT2D eigenvalue weighted by Crippen LogP contribution is 2.23. The number of rotatable bonds is 5. The van der Waals surface area contributed by atoms with Crippen LogP contribution in [0.4, 0.5) is 20.5 Å². The molecule has 0 atom stereocenters. The quantitative estimate of drug-likeness (QED) is 0.764. The van der Waals surface area contributed by atoms with Crippen molar-refractivity contribution in [3.63, 3.8) is 0 Å². The topological polar surface area (TPSA) is 70.2 Å². The molecule has 1 aliphatic rings. The van der Waals surface area contributed by atoms with Crippen LogP contribution in [0.25, 0.3) is 0 Å². The molecule has 0 saturated heterocycles. The van der Waals surface area contributed by atoms with Gasteiger partial charge in [0.25, 0.3) is 5.91 Å². The number of aryl methyl sites for hydroxylation is 1. The molecule has 1 heterocycles. The molecule has 6 nitrogen and oxygen atoms in total. The summed E-state index contributed by atoms with van der Waals surface area (Å²) in [7, 11) is 3.87. The van der Waals surface area contributed by atoms with Gasteiger partial charge in [0.05, 0.1) is 0 Å². The van der Waals surface area contributed by atoms with E-state index < -0.39 is 11.6 Å². The van der Waals surface area contributed by atoms with Crippen LogP contribution in [-0.4, -0.2) is 42.1 Å². The van der Waals surface area contributed by atoms with Crippen LogP contribution in [-0.2, 0) is 0 Å². The average Bonchev–Trinajstić information content (AvgIpc) is 2.65. The first-order valence-corrected chi connectivity index (χ1v) is 9.37. The van der Waals surface area contributed by atoms with E-state index in [1.165, 1.54) is 6.07 Å². The summed E-state index contributed by atoms with van der Waals surface area (Å²) in [5.74, 6) is -0.900. The number of carbonyl (C=O) groups is 1. The molecule has 29 heavy (non-hydrogen) atoms. The van der Waals surface area contributed by atoms with E-state index in [2.05, 4.69) is 20.6 Å². The molecule has 1 aromatic carbocycles. The van der Waals surface area contributed by atoms with Gasteiger partial charge in [-0.3, -0.25) is 4.79 Å². The number of carbonyl (C=O) groups excluding carboxylic acids is 1. The van der Waals surface area contributed by atoms with Gasteiger partial charge in [0.15, 0.2) is 11.6 Å². The summed E-state index contributed by atoms with van der Waals surface area (Å²) in [6.07, 6.45) is 3.30. The van der Waals surface area contributed by atoms with Crippen molar-refractivity contribution < 1.29 is 13.6 Å². The van der Waals surface area contributed by atoms with Crippen LogP contribution in [0.15, 0.2) is 24.3 Å². The van der Waals surface area contributed by atoms with Crippen molar-refractivity contribution in [2.75, 3.05) is 24.3 Å². The molecular weight excluding hydrogens is 400 g/mol. The predicted octanol–water partition coefficient (Wildman–Crippen LogP) is 3.70. The molecule has 3 rings (SSSR count). The van der Waals surface area contributed by atoms with Crippen LogP contribution >= 0.6 is 12.4 Å². The molecule has 9 heteroatoms. The molecule has 2 aromatic rings. The highest BCUT2D eigenvalue weighted by Gasteiger charge is 2.24. The minimum atomic E-state index is -1.02. The highest BCUT2D eigenvalue weighted by atomic mass is 35.5. The maximum atomic E-state index is 13.3. The largest absolute Gasteiger partial charge is 0.363 e. The third-order valence-corrected chi connectivity index (χ3v) is 4.88. The summed E-state index contributed by atoms with van der Waals surface area (Å²) in [5.41, 5.74) is 1.03. The summed E-state index contributed by atoms with van der Waals surface area (Å²) in [4.78, 5) is 23.1. The number of nitrogens with one attached hydrogen (secondary N) is 2. The van der Waals surface area contributed by atoms with Crippen LogP contribution in [0.1, 0.15) is 41.7 Å². The van der Waals surface area contributed by atoms with Crippen molar-refractivity contribution in [2.45, 2.75) is 44.7 Å². The van der Waals surface area contributed by atoms with E-state index in [0.29, 0.717) is 5.95 Å². The zero-order valence-corrected chi connectivity index (χ0v) is 17.5. The maximum Gasteiger partial charge on any atom is 0.251 e. The van der Waals surface area contributed by atoms with Crippen molar-refractivity contribution in [2.24, 2.45) is 0 Å². The standard InChI is InChI=1S/C20H25F2N5O.ClH/c1-12-10-18(27(2)3)26-20(23-12)25-15-7-5-14(6-8-15)24-19(28)13-4-9-16(21)17(22)11-13;/h4,9-11,14-15H,5-8H2,1-3H3,(H,24,28)(H,23,25,26);1H/t14-,15+;. The Bertz CT molecular complexity index is 857. The van der Waals surface area contributed by atoms with Crippen LogP contribution < -0.4 is 15.5 Å². The number of hydrogen-bond donors (Lipinski definition) is 2. The van der Waals surface area contributed by atoms with Crippen LogP contribution in [0.2, 0.25) is 0 Å². The fourth-order valence-electron chi connectivity index (χ4n) is 3.32. The Morgan fingerprint density at radius 2 is 1.69 bits per heavy atom. The zero-order valence-electron chi connectivity index (χ0n) is 16.7. The summed E-state index contributed by atoms with van der Waals surface area (Å²) in [6.45, 7) is 1.94. The van der Waals surface area contributed by atoms with Gasteiger partial charge < -0.3 is 15.5 Å². The summed E-state index contributed by atoms with van der Waals surface area (Å²) >= 11 is 0. The Labute approximate surface area is 175 Å². The van der Waals surface area contributed by atoms with Gasteiger partial charge in [0.2, 0.25) is 5.95 Å². The molecule has 1 saturated carbocycles. The SMILES string of the molecule is Cc1cc(N(C)C)nc(N[C@H]2CC[C@@H](NC(=O)c3ccc(F)c(F)c3)CC2)n1.Cl. The van der Waals surface area contributed by atoms with E-state index in [1.807, 2.05) is 32.0 Å². The van der Waals surface area contributed by atoms with E-state index in [4.69, 9.17) is 0 Å². The fraction of sp³-hybridized carbons (Fsp3) is 0.450. The number of hydrogen-bond acceptors (Lipinski definition) is 5. The first-order chi connectivity index (χ1) is 13.3. The van der Waals surface area contributed by atoms with E-state index in [-0.39, 0.29) is 36.0 Å². The molecule has 0 unspecified atom stereocenters. The molecule has 0 spiro atoms. The number of benzene rings is 1. The molecule has 1 aromatic heterocycles. The molecule has 158 valence electrons. The molecule has 2 N–H and O–H groups in total. The summed E-state index contributed by atoms with van der Waals surface area (Å²) in [5, 5.41) is 6.29. The van der Waals surface area contributed by atoms with Crippen molar-refractivity contribution in [1.29, 1.82) is 0 Å². The second kappa shape index (κ2) is 9.82. The Morgan fingerprint density at radius 3 is 2.31 bits per heavy atom. The minimum absolute atomic E-state index is 0. The predicted molar refractivity (Wildman–Crippen MR) is 112 cm³/mol. The molecule has 0 aliphatic heterocycles. The first-order valence-electron chi connectivity index (χ1n) is 9.37. The average molecular weight is 426 g/mol. The van der Waals surface area contributed by atoms with Gasteiger partial charge in [-0.2, -0.15) is 4.98 Å². The van der Waals surface area contributed by atoms with Crippen molar-refractivity contribution >= 4 is 30.1 Å². The third kappa shape index (κ3) is 6.00. The van der Waals surface area contributed by atoms with Gasteiger partial charge in [-0.25, -0.2) is 13.8 Å². The maximum absolute atomic E-state index is 13.3.